The molecule has 5 rings (SSSR count). The number of carbonyl (C=O) groups excluding carboxylic acids is 2. The lowest BCUT2D eigenvalue weighted by molar-refractivity contribution is -0.123. The number of benzene rings is 3. The van der Waals surface area contributed by atoms with Crippen LogP contribution in [0.2, 0.25) is 0 Å². The maximum atomic E-state index is 13.9. The molecule has 0 spiro atoms. The molecule has 1 aromatic heterocycles. The lowest BCUT2D eigenvalue weighted by atomic mass is 9.99. The number of nitrogens with zero attached hydrogens (tertiary/aromatic N) is 3. The van der Waals surface area contributed by atoms with Crippen LogP contribution in [-0.2, 0) is 14.3 Å². The second-order valence-electron chi connectivity index (χ2n) is 9.91. The van der Waals surface area contributed by atoms with Gasteiger partial charge >= 0.3 is 0 Å². The summed E-state index contributed by atoms with van der Waals surface area (Å²) in [6.07, 6.45) is 0. The number of carbonyl (C=O) groups is 2. The number of nitrogens with one attached hydrogen (secondary N) is 1. The highest BCUT2D eigenvalue weighted by molar-refractivity contribution is 8.00. The third kappa shape index (κ3) is 5.87. The van der Waals surface area contributed by atoms with Crippen molar-refractivity contribution in [3.63, 3.8) is 0 Å². The Balaban J connectivity index is 1.79. The van der Waals surface area contributed by atoms with E-state index in [2.05, 4.69) is 11.4 Å². The van der Waals surface area contributed by atoms with Crippen LogP contribution in [0.15, 0.2) is 72.8 Å². The topological polar surface area (TPSA) is 85.7 Å². The summed E-state index contributed by atoms with van der Waals surface area (Å²) in [7, 11) is 3.24. The zero-order chi connectivity index (χ0) is 28.9. The summed E-state index contributed by atoms with van der Waals surface area (Å²) in [5.41, 5.74) is 6.46. The number of methoxy groups -OCH3 is 2. The Hall–Kier alpha value is -4.08. The van der Waals surface area contributed by atoms with E-state index in [9.17, 15) is 9.59 Å². The summed E-state index contributed by atoms with van der Waals surface area (Å²) in [6, 6.07) is 24.0. The SMILES string of the molecule is COCCNC(=O)CN1C(=O)CSC(c2ccccc2OC)c2c(-c3ccccc3)nn(-c3ccc(C)cc3C)c21. The minimum absolute atomic E-state index is 0.139. The van der Waals surface area contributed by atoms with Gasteiger partial charge in [0.15, 0.2) is 0 Å². The highest BCUT2D eigenvalue weighted by Crippen LogP contribution is 2.50. The molecular formula is C32H34N4O4S. The van der Waals surface area contributed by atoms with Gasteiger partial charge in [0, 0.05) is 30.3 Å². The van der Waals surface area contributed by atoms with Gasteiger partial charge in [0.1, 0.15) is 18.1 Å². The van der Waals surface area contributed by atoms with Crippen LogP contribution in [0, 0.1) is 13.8 Å². The van der Waals surface area contributed by atoms with Crippen LogP contribution < -0.4 is 15.0 Å². The molecule has 2 amide bonds. The predicted octanol–water partition coefficient (Wildman–Crippen LogP) is 5.10. The van der Waals surface area contributed by atoms with Crippen molar-refractivity contribution in [2.75, 3.05) is 44.6 Å². The summed E-state index contributed by atoms with van der Waals surface area (Å²) >= 11 is 1.52. The van der Waals surface area contributed by atoms with E-state index < -0.39 is 0 Å². The highest BCUT2D eigenvalue weighted by Gasteiger charge is 2.38. The van der Waals surface area contributed by atoms with E-state index in [1.54, 1.807) is 19.1 Å². The van der Waals surface area contributed by atoms with E-state index in [4.69, 9.17) is 14.6 Å². The third-order valence-corrected chi connectivity index (χ3v) is 8.30. The van der Waals surface area contributed by atoms with E-state index in [-0.39, 0.29) is 29.4 Å². The van der Waals surface area contributed by atoms with Gasteiger partial charge in [-0.3, -0.25) is 14.5 Å². The van der Waals surface area contributed by atoms with Crippen molar-refractivity contribution in [2.24, 2.45) is 0 Å². The van der Waals surface area contributed by atoms with Gasteiger partial charge in [-0.15, -0.1) is 11.8 Å². The summed E-state index contributed by atoms with van der Waals surface area (Å²) in [4.78, 5) is 28.6. The monoisotopic (exact) mass is 570 g/mol. The van der Waals surface area contributed by atoms with E-state index >= 15 is 0 Å². The molecule has 0 bridgehead atoms. The summed E-state index contributed by atoms with van der Waals surface area (Å²) in [5, 5.41) is 7.77. The van der Waals surface area contributed by atoms with Gasteiger partial charge in [0.2, 0.25) is 11.8 Å². The van der Waals surface area contributed by atoms with Gasteiger partial charge in [-0.25, -0.2) is 4.68 Å². The molecule has 1 atom stereocenters. The molecule has 0 aliphatic carbocycles. The number of anilines is 1. The van der Waals surface area contributed by atoms with Crippen LogP contribution in [-0.4, -0.2) is 61.3 Å². The van der Waals surface area contributed by atoms with Crippen molar-refractivity contribution in [3.8, 4) is 22.7 Å². The smallest absolute Gasteiger partial charge is 0.240 e. The minimum atomic E-state index is -0.277. The number of hydrogen-bond donors (Lipinski definition) is 1. The Labute approximate surface area is 244 Å². The summed E-state index contributed by atoms with van der Waals surface area (Å²) in [5.74, 6) is 1.07. The fourth-order valence-corrected chi connectivity index (χ4v) is 6.38. The first-order valence-corrected chi connectivity index (χ1v) is 14.5. The molecule has 0 radical (unpaired) electrons. The molecule has 9 heteroatoms. The Bertz CT molecular complexity index is 1550. The normalized spacial score (nSPS) is 14.9. The van der Waals surface area contributed by atoms with Crippen LogP contribution in [0.25, 0.3) is 16.9 Å². The molecule has 4 aromatic rings. The number of fused-ring (bicyclic) bond motifs is 1. The van der Waals surface area contributed by atoms with E-state index in [1.165, 1.54) is 11.8 Å². The second kappa shape index (κ2) is 12.6. The van der Waals surface area contributed by atoms with Gasteiger partial charge in [-0.2, -0.15) is 5.10 Å². The van der Waals surface area contributed by atoms with Crippen molar-refractivity contribution in [2.45, 2.75) is 19.1 Å². The lowest BCUT2D eigenvalue weighted by Crippen LogP contribution is -2.43. The van der Waals surface area contributed by atoms with Crippen molar-refractivity contribution in [1.82, 2.24) is 15.1 Å². The van der Waals surface area contributed by atoms with Crippen molar-refractivity contribution in [1.29, 1.82) is 0 Å². The first kappa shape index (κ1) is 28.4. The molecule has 0 saturated heterocycles. The van der Waals surface area contributed by atoms with Gasteiger partial charge in [0.25, 0.3) is 0 Å². The van der Waals surface area contributed by atoms with E-state index in [0.717, 1.165) is 44.9 Å². The van der Waals surface area contributed by atoms with Crippen LogP contribution in [0.4, 0.5) is 5.82 Å². The summed E-state index contributed by atoms with van der Waals surface area (Å²) in [6.45, 7) is 4.68. The molecule has 1 unspecified atom stereocenters. The molecule has 3 aromatic carbocycles. The van der Waals surface area contributed by atoms with Crippen molar-refractivity contribution < 1.29 is 19.1 Å². The maximum Gasteiger partial charge on any atom is 0.240 e. The highest BCUT2D eigenvalue weighted by atomic mass is 32.2. The minimum Gasteiger partial charge on any atom is -0.496 e. The largest absolute Gasteiger partial charge is 0.496 e. The fourth-order valence-electron chi connectivity index (χ4n) is 5.16. The molecule has 1 aliphatic rings. The van der Waals surface area contributed by atoms with Gasteiger partial charge in [-0.05, 0) is 31.5 Å². The molecule has 1 aliphatic heterocycles. The number of ether oxygens (including phenoxy) is 2. The van der Waals surface area contributed by atoms with Crippen molar-refractivity contribution in [3.05, 3.63) is 95.1 Å². The Morgan fingerprint density at radius 2 is 1.80 bits per heavy atom. The number of rotatable bonds is 9. The molecular weight excluding hydrogens is 536 g/mol. The molecule has 1 N–H and O–H groups in total. The zero-order valence-electron chi connectivity index (χ0n) is 23.7. The van der Waals surface area contributed by atoms with E-state index in [1.807, 2.05) is 85.3 Å². The molecule has 8 nitrogen and oxygen atoms in total. The van der Waals surface area contributed by atoms with Crippen LogP contribution in [0.3, 0.4) is 0 Å². The van der Waals surface area contributed by atoms with Gasteiger partial charge in [0.05, 0.1) is 36.1 Å². The summed E-state index contributed by atoms with van der Waals surface area (Å²) < 4.78 is 12.7. The standard InChI is InChI=1S/C32H34N4O4S/c1-21-14-15-25(22(2)18-21)36-32-29(30(34-36)23-10-6-5-7-11-23)31(24-12-8-9-13-26(24)40-4)41-20-28(38)35(32)19-27(37)33-16-17-39-3/h5-15,18,31H,16-17,19-20H2,1-4H3,(H,33,37). The second-order valence-corrected chi connectivity index (χ2v) is 11.0. The number of aryl methyl sites for hydroxylation is 2. The van der Waals surface area contributed by atoms with Crippen LogP contribution in [0.1, 0.15) is 27.5 Å². The predicted molar refractivity (Wildman–Crippen MR) is 163 cm³/mol. The van der Waals surface area contributed by atoms with Crippen molar-refractivity contribution >= 4 is 29.4 Å². The lowest BCUT2D eigenvalue weighted by Gasteiger charge is -2.24. The molecule has 41 heavy (non-hydrogen) atoms. The first-order chi connectivity index (χ1) is 19.9. The molecule has 212 valence electrons. The first-order valence-electron chi connectivity index (χ1n) is 13.5. The molecule has 0 saturated carbocycles. The van der Waals surface area contributed by atoms with Gasteiger partial charge < -0.3 is 14.8 Å². The Morgan fingerprint density at radius 1 is 1.05 bits per heavy atom. The quantitative estimate of drug-likeness (QED) is 0.282. The number of hydrogen-bond acceptors (Lipinski definition) is 6. The number of thioether (sulfide) groups is 1. The average Bonchev–Trinajstić information content (AvgIpc) is 3.30. The number of amides is 2. The fraction of sp³-hybridized carbons (Fsp3) is 0.281. The third-order valence-electron chi connectivity index (χ3n) is 7.07. The van der Waals surface area contributed by atoms with Crippen LogP contribution >= 0.6 is 11.8 Å². The maximum absolute atomic E-state index is 13.9. The van der Waals surface area contributed by atoms with Gasteiger partial charge in [-0.1, -0.05) is 66.2 Å². The molecule has 0 fully saturated rings. The Morgan fingerprint density at radius 3 is 2.54 bits per heavy atom. The van der Waals surface area contributed by atoms with Crippen LogP contribution in [0.5, 0.6) is 5.75 Å². The molecule has 2 heterocycles. The number of aromatic nitrogens is 2. The Kier molecular flexibility index (Phi) is 8.75. The average molecular weight is 571 g/mol. The zero-order valence-corrected chi connectivity index (χ0v) is 24.5. The number of para-hydroxylation sites is 1. The van der Waals surface area contributed by atoms with E-state index in [0.29, 0.717) is 19.0 Å².